The molecule has 2 rings (SSSR count). The highest BCUT2D eigenvalue weighted by molar-refractivity contribution is 5.97. The Labute approximate surface area is 118 Å². The van der Waals surface area contributed by atoms with Crippen molar-refractivity contribution in [1.29, 1.82) is 0 Å². The lowest BCUT2D eigenvalue weighted by atomic mass is 9.96. The molecule has 106 valence electrons. The number of nitrogens with zero attached hydrogens (tertiary/aromatic N) is 3. The molecule has 20 heavy (non-hydrogen) atoms. The van der Waals surface area contributed by atoms with E-state index in [1.54, 1.807) is 42.3 Å². The van der Waals surface area contributed by atoms with Crippen molar-refractivity contribution in [1.82, 2.24) is 14.8 Å². The number of hydrogen-bond donors (Lipinski definition) is 2. The van der Waals surface area contributed by atoms with Crippen LogP contribution in [0.5, 0.6) is 0 Å². The Morgan fingerprint density at radius 3 is 2.85 bits per heavy atom. The van der Waals surface area contributed by atoms with Crippen molar-refractivity contribution < 1.29 is 4.79 Å². The number of nitrogens with two attached hydrogens (primary N) is 1. The van der Waals surface area contributed by atoms with Gasteiger partial charge in [0.05, 0.1) is 17.4 Å². The molecule has 0 bridgehead atoms. The maximum Gasteiger partial charge on any atom is 0.244 e. The van der Waals surface area contributed by atoms with Crippen LogP contribution in [0.3, 0.4) is 0 Å². The summed E-state index contributed by atoms with van der Waals surface area (Å²) >= 11 is 0. The summed E-state index contributed by atoms with van der Waals surface area (Å²) in [5.74, 6) is 0.491. The van der Waals surface area contributed by atoms with Gasteiger partial charge in [-0.25, -0.2) is 9.67 Å². The number of carbonyl (C=O) groups excluding carboxylic acids is 1. The molecule has 3 N–H and O–H groups in total. The van der Waals surface area contributed by atoms with E-state index in [2.05, 4.69) is 15.4 Å². The molecule has 6 nitrogen and oxygen atoms in total. The second-order valence-electron chi connectivity index (χ2n) is 4.98. The summed E-state index contributed by atoms with van der Waals surface area (Å²) in [5.41, 5.74) is 5.74. The normalized spacial score (nSPS) is 13.8. The first kappa shape index (κ1) is 14.2. The van der Waals surface area contributed by atoms with Crippen molar-refractivity contribution in [3.63, 3.8) is 0 Å². The van der Waals surface area contributed by atoms with E-state index in [0.29, 0.717) is 17.9 Å². The SMILES string of the molecule is CCCC(C)(N)C(=O)Nc1ccc(-n2cccn2)nc1. The van der Waals surface area contributed by atoms with Crippen LogP contribution in [0.15, 0.2) is 36.8 Å². The van der Waals surface area contributed by atoms with Crippen LogP contribution < -0.4 is 11.1 Å². The van der Waals surface area contributed by atoms with Gasteiger partial charge in [0.1, 0.15) is 0 Å². The molecule has 0 radical (unpaired) electrons. The van der Waals surface area contributed by atoms with Crippen molar-refractivity contribution in [2.45, 2.75) is 32.2 Å². The Kier molecular flexibility index (Phi) is 4.14. The van der Waals surface area contributed by atoms with Crippen molar-refractivity contribution in [3.8, 4) is 5.82 Å². The first-order valence-electron chi connectivity index (χ1n) is 6.59. The summed E-state index contributed by atoms with van der Waals surface area (Å²) in [6.07, 6.45) is 6.58. The van der Waals surface area contributed by atoms with E-state index in [1.807, 2.05) is 13.0 Å². The van der Waals surface area contributed by atoms with Gasteiger partial charge in [0, 0.05) is 12.4 Å². The van der Waals surface area contributed by atoms with Crippen LogP contribution in [-0.4, -0.2) is 26.2 Å². The monoisotopic (exact) mass is 273 g/mol. The van der Waals surface area contributed by atoms with Crippen LogP contribution in [0.25, 0.3) is 5.82 Å². The van der Waals surface area contributed by atoms with Gasteiger partial charge in [-0.15, -0.1) is 0 Å². The third-order valence-corrected chi connectivity index (χ3v) is 3.03. The second kappa shape index (κ2) is 5.83. The molecular weight excluding hydrogens is 254 g/mol. The lowest BCUT2D eigenvalue weighted by Crippen LogP contribution is -2.48. The van der Waals surface area contributed by atoms with E-state index in [9.17, 15) is 4.79 Å². The average Bonchev–Trinajstić information content (AvgIpc) is 2.93. The van der Waals surface area contributed by atoms with Gasteiger partial charge in [-0.2, -0.15) is 5.10 Å². The topological polar surface area (TPSA) is 85.8 Å². The molecule has 0 spiro atoms. The van der Waals surface area contributed by atoms with E-state index in [4.69, 9.17) is 5.73 Å². The predicted molar refractivity (Wildman–Crippen MR) is 77.5 cm³/mol. The van der Waals surface area contributed by atoms with Crippen molar-refractivity contribution in [2.75, 3.05) is 5.32 Å². The minimum atomic E-state index is -0.866. The molecule has 0 saturated carbocycles. The summed E-state index contributed by atoms with van der Waals surface area (Å²) in [7, 11) is 0. The predicted octanol–water partition coefficient (Wildman–Crippen LogP) is 1.72. The Morgan fingerprint density at radius 1 is 1.50 bits per heavy atom. The lowest BCUT2D eigenvalue weighted by Gasteiger charge is -2.22. The first-order chi connectivity index (χ1) is 9.53. The molecule has 0 fully saturated rings. The fourth-order valence-corrected chi connectivity index (χ4v) is 1.91. The highest BCUT2D eigenvalue weighted by Crippen LogP contribution is 2.14. The smallest absolute Gasteiger partial charge is 0.244 e. The van der Waals surface area contributed by atoms with Gasteiger partial charge in [-0.3, -0.25) is 4.79 Å². The fourth-order valence-electron chi connectivity index (χ4n) is 1.91. The standard InChI is InChI=1S/C14H19N5O/c1-3-7-14(2,15)13(20)18-11-5-6-12(16-10-11)19-9-4-8-17-19/h4-6,8-10H,3,7,15H2,1-2H3,(H,18,20). The van der Waals surface area contributed by atoms with Gasteiger partial charge in [-0.1, -0.05) is 13.3 Å². The number of pyridine rings is 1. The number of aromatic nitrogens is 3. The number of amides is 1. The van der Waals surface area contributed by atoms with Gasteiger partial charge in [0.25, 0.3) is 0 Å². The van der Waals surface area contributed by atoms with Crippen LogP contribution >= 0.6 is 0 Å². The van der Waals surface area contributed by atoms with E-state index in [-0.39, 0.29) is 5.91 Å². The molecule has 1 unspecified atom stereocenters. The number of hydrogen-bond acceptors (Lipinski definition) is 4. The number of rotatable bonds is 5. The van der Waals surface area contributed by atoms with Crippen LogP contribution in [0.2, 0.25) is 0 Å². The van der Waals surface area contributed by atoms with Gasteiger partial charge in [-0.05, 0) is 31.5 Å². The number of nitrogens with one attached hydrogen (secondary N) is 1. The second-order valence-corrected chi connectivity index (χ2v) is 4.98. The van der Waals surface area contributed by atoms with Crippen molar-refractivity contribution >= 4 is 11.6 Å². The largest absolute Gasteiger partial charge is 0.323 e. The van der Waals surface area contributed by atoms with Crippen LogP contribution in [0.4, 0.5) is 5.69 Å². The summed E-state index contributed by atoms with van der Waals surface area (Å²) < 4.78 is 1.65. The van der Waals surface area contributed by atoms with E-state index in [1.165, 1.54) is 0 Å². The highest BCUT2D eigenvalue weighted by Gasteiger charge is 2.27. The quantitative estimate of drug-likeness (QED) is 0.868. The van der Waals surface area contributed by atoms with Gasteiger partial charge < -0.3 is 11.1 Å². The third-order valence-electron chi connectivity index (χ3n) is 3.03. The Hall–Kier alpha value is -2.21. The minimum absolute atomic E-state index is 0.201. The van der Waals surface area contributed by atoms with Gasteiger partial charge in [0.2, 0.25) is 5.91 Å². The molecule has 2 aromatic heterocycles. The number of anilines is 1. The Balaban J connectivity index is 2.06. The zero-order chi connectivity index (χ0) is 14.6. The molecule has 0 aromatic carbocycles. The minimum Gasteiger partial charge on any atom is -0.323 e. The molecule has 0 aliphatic carbocycles. The summed E-state index contributed by atoms with van der Waals surface area (Å²) in [6, 6.07) is 5.39. The maximum absolute atomic E-state index is 12.1. The molecule has 2 heterocycles. The molecule has 0 aliphatic heterocycles. The first-order valence-corrected chi connectivity index (χ1v) is 6.59. The molecule has 6 heteroatoms. The van der Waals surface area contributed by atoms with Crippen LogP contribution in [-0.2, 0) is 4.79 Å². The average molecular weight is 273 g/mol. The molecule has 0 aliphatic rings. The maximum atomic E-state index is 12.1. The van der Waals surface area contributed by atoms with E-state index < -0.39 is 5.54 Å². The van der Waals surface area contributed by atoms with Gasteiger partial charge in [0.15, 0.2) is 5.82 Å². The lowest BCUT2D eigenvalue weighted by molar-refractivity contribution is -0.120. The third kappa shape index (κ3) is 3.21. The van der Waals surface area contributed by atoms with Crippen molar-refractivity contribution in [3.05, 3.63) is 36.8 Å². The number of carbonyl (C=O) groups is 1. The molecule has 1 atom stereocenters. The zero-order valence-corrected chi connectivity index (χ0v) is 11.7. The van der Waals surface area contributed by atoms with E-state index in [0.717, 1.165) is 6.42 Å². The van der Waals surface area contributed by atoms with Crippen molar-refractivity contribution in [2.24, 2.45) is 5.73 Å². The molecule has 0 saturated heterocycles. The highest BCUT2D eigenvalue weighted by atomic mass is 16.2. The summed E-state index contributed by atoms with van der Waals surface area (Å²) in [6.45, 7) is 3.73. The Morgan fingerprint density at radius 2 is 2.30 bits per heavy atom. The molecular formula is C14H19N5O. The van der Waals surface area contributed by atoms with E-state index >= 15 is 0 Å². The van der Waals surface area contributed by atoms with Crippen LogP contribution in [0.1, 0.15) is 26.7 Å². The van der Waals surface area contributed by atoms with Gasteiger partial charge >= 0.3 is 0 Å². The zero-order valence-electron chi connectivity index (χ0n) is 11.7. The fraction of sp³-hybridized carbons (Fsp3) is 0.357. The molecule has 2 aromatic rings. The summed E-state index contributed by atoms with van der Waals surface area (Å²) in [4.78, 5) is 16.3. The van der Waals surface area contributed by atoms with Crippen LogP contribution in [0, 0.1) is 0 Å². The molecule has 1 amide bonds. The summed E-state index contributed by atoms with van der Waals surface area (Å²) in [5, 5.41) is 6.87. The Bertz CT molecular complexity index is 560.